The average Bonchev–Trinajstić information content (AvgIpc) is 2.66. The average molecular weight is 250 g/mol. The van der Waals surface area contributed by atoms with Crippen LogP contribution in [0.15, 0.2) is 6.20 Å². The summed E-state index contributed by atoms with van der Waals surface area (Å²) in [5.41, 5.74) is 1.12. The van der Waals surface area contributed by atoms with Crippen LogP contribution in [0.3, 0.4) is 0 Å². The minimum Gasteiger partial charge on any atom is -0.380 e. The molecule has 1 saturated heterocycles. The highest BCUT2D eigenvalue weighted by atomic mass is 16.5. The van der Waals surface area contributed by atoms with Crippen molar-refractivity contribution in [1.29, 1.82) is 0 Å². The van der Waals surface area contributed by atoms with Gasteiger partial charge >= 0.3 is 0 Å². The van der Waals surface area contributed by atoms with E-state index in [1.807, 2.05) is 6.20 Å². The lowest BCUT2D eigenvalue weighted by molar-refractivity contribution is 0.152. The number of nitrogens with one attached hydrogen (secondary N) is 1. The van der Waals surface area contributed by atoms with Gasteiger partial charge in [-0.25, -0.2) is 4.98 Å². The second kappa shape index (κ2) is 6.54. The Hall–Kier alpha value is -1.36. The highest BCUT2D eigenvalue weighted by Gasteiger charge is 2.14. The lowest BCUT2D eigenvalue weighted by Crippen LogP contribution is -2.28. The Morgan fingerprint density at radius 2 is 2.28 bits per heavy atom. The smallest absolute Gasteiger partial charge is 0.224 e. The molecule has 1 aromatic rings. The second-order valence-corrected chi connectivity index (χ2v) is 4.58. The van der Waals surface area contributed by atoms with E-state index in [-0.39, 0.29) is 0 Å². The zero-order valence-electron chi connectivity index (χ0n) is 11.3. The Labute approximate surface area is 109 Å². The molecule has 100 valence electrons. The van der Waals surface area contributed by atoms with E-state index in [1.54, 1.807) is 0 Å². The molecule has 2 rings (SSSR count). The Balaban J connectivity index is 2.13. The fraction of sp³-hybridized carbons (Fsp3) is 0.692. The maximum Gasteiger partial charge on any atom is 0.224 e. The summed E-state index contributed by atoms with van der Waals surface area (Å²) in [7, 11) is 0. The molecule has 0 radical (unpaired) electrons. The quantitative estimate of drug-likeness (QED) is 0.883. The molecule has 0 amide bonds. The molecule has 1 fully saturated rings. The third kappa shape index (κ3) is 3.32. The number of nitrogens with zero attached hydrogens (tertiary/aromatic N) is 3. The van der Waals surface area contributed by atoms with Gasteiger partial charge in [0.15, 0.2) is 0 Å². The lowest BCUT2D eigenvalue weighted by atomic mass is 10.3. The van der Waals surface area contributed by atoms with E-state index in [2.05, 4.69) is 34.0 Å². The van der Waals surface area contributed by atoms with Gasteiger partial charge in [-0.15, -0.1) is 0 Å². The summed E-state index contributed by atoms with van der Waals surface area (Å²) in [6.45, 7) is 8.64. The molecule has 0 unspecified atom stereocenters. The summed E-state index contributed by atoms with van der Waals surface area (Å²) < 4.78 is 5.48. The van der Waals surface area contributed by atoms with Gasteiger partial charge < -0.3 is 15.0 Å². The molecule has 0 saturated carbocycles. The maximum absolute atomic E-state index is 5.48. The fourth-order valence-corrected chi connectivity index (χ4v) is 2.03. The van der Waals surface area contributed by atoms with Gasteiger partial charge in [0.05, 0.1) is 6.61 Å². The van der Waals surface area contributed by atoms with Crippen LogP contribution in [0.1, 0.15) is 25.3 Å². The number of hydrogen-bond acceptors (Lipinski definition) is 5. The summed E-state index contributed by atoms with van der Waals surface area (Å²) in [4.78, 5) is 11.2. The van der Waals surface area contributed by atoms with Crippen LogP contribution in [0, 0.1) is 6.92 Å². The molecule has 0 bridgehead atoms. The van der Waals surface area contributed by atoms with Crippen molar-refractivity contribution in [2.24, 2.45) is 0 Å². The van der Waals surface area contributed by atoms with Gasteiger partial charge in [-0.1, -0.05) is 6.92 Å². The van der Waals surface area contributed by atoms with E-state index >= 15 is 0 Å². The van der Waals surface area contributed by atoms with Crippen LogP contribution in [-0.2, 0) is 4.74 Å². The van der Waals surface area contributed by atoms with E-state index in [0.29, 0.717) is 0 Å². The predicted octanol–water partition coefficient (Wildman–Crippen LogP) is 1.83. The minimum absolute atomic E-state index is 0.725. The molecular weight excluding hydrogens is 228 g/mol. The molecule has 0 spiro atoms. The molecule has 1 aliphatic heterocycles. The highest BCUT2D eigenvalue weighted by Crippen LogP contribution is 2.19. The van der Waals surface area contributed by atoms with Crippen LogP contribution in [-0.4, -0.2) is 42.8 Å². The van der Waals surface area contributed by atoms with Gasteiger partial charge in [-0.05, 0) is 19.8 Å². The van der Waals surface area contributed by atoms with E-state index < -0.39 is 0 Å². The number of anilines is 2. The van der Waals surface area contributed by atoms with Crippen molar-refractivity contribution in [3.63, 3.8) is 0 Å². The number of hydrogen-bond donors (Lipinski definition) is 1. The Morgan fingerprint density at radius 1 is 1.39 bits per heavy atom. The SMILES string of the molecule is CCCNc1ncc(C)c(N2CCCOCC2)n1. The standard InChI is InChI=1S/C13H22N4O/c1-3-5-14-13-15-10-11(2)12(16-13)17-6-4-8-18-9-7-17/h10H,3-9H2,1-2H3,(H,14,15,16). The van der Waals surface area contributed by atoms with Gasteiger partial charge in [0, 0.05) is 38.0 Å². The van der Waals surface area contributed by atoms with E-state index in [4.69, 9.17) is 4.74 Å². The van der Waals surface area contributed by atoms with Crippen LogP contribution < -0.4 is 10.2 Å². The first kappa shape index (κ1) is 13.1. The normalized spacial score (nSPS) is 16.4. The van der Waals surface area contributed by atoms with Crippen molar-refractivity contribution in [3.8, 4) is 0 Å². The Morgan fingerprint density at radius 3 is 3.11 bits per heavy atom. The van der Waals surface area contributed by atoms with Crippen molar-refractivity contribution >= 4 is 11.8 Å². The van der Waals surface area contributed by atoms with Gasteiger partial charge in [0.1, 0.15) is 5.82 Å². The van der Waals surface area contributed by atoms with Gasteiger partial charge in [-0.2, -0.15) is 4.98 Å². The monoisotopic (exact) mass is 250 g/mol. The second-order valence-electron chi connectivity index (χ2n) is 4.58. The minimum atomic E-state index is 0.725. The van der Waals surface area contributed by atoms with Crippen LogP contribution in [0.5, 0.6) is 0 Å². The molecule has 1 aliphatic rings. The topological polar surface area (TPSA) is 50.3 Å². The molecular formula is C13H22N4O. The van der Waals surface area contributed by atoms with Crippen molar-refractivity contribution < 1.29 is 4.74 Å². The van der Waals surface area contributed by atoms with E-state index in [9.17, 15) is 0 Å². The van der Waals surface area contributed by atoms with Gasteiger partial charge in [0.25, 0.3) is 0 Å². The Kier molecular flexibility index (Phi) is 4.75. The molecule has 5 heteroatoms. The zero-order chi connectivity index (χ0) is 12.8. The predicted molar refractivity (Wildman–Crippen MR) is 73.2 cm³/mol. The van der Waals surface area contributed by atoms with Crippen LogP contribution >= 0.6 is 0 Å². The number of aromatic nitrogens is 2. The Bertz CT molecular complexity index is 375. The third-order valence-electron chi connectivity index (χ3n) is 3.00. The van der Waals surface area contributed by atoms with Crippen molar-refractivity contribution in [3.05, 3.63) is 11.8 Å². The first-order valence-corrected chi connectivity index (χ1v) is 6.71. The van der Waals surface area contributed by atoms with E-state index in [1.165, 1.54) is 0 Å². The van der Waals surface area contributed by atoms with Crippen LogP contribution in [0.4, 0.5) is 11.8 Å². The molecule has 0 aromatic carbocycles. The largest absolute Gasteiger partial charge is 0.380 e. The van der Waals surface area contributed by atoms with Gasteiger partial charge in [0.2, 0.25) is 5.95 Å². The molecule has 1 N–H and O–H groups in total. The van der Waals surface area contributed by atoms with Crippen LogP contribution in [0.2, 0.25) is 0 Å². The molecule has 18 heavy (non-hydrogen) atoms. The first-order chi connectivity index (χ1) is 8.81. The molecule has 0 aliphatic carbocycles. The summed E-state index contributed by atoms with van der Waals surface area (Å²) in [6.07, 6.45) is 4.03. The summed E-state index contributed by atoms with van der Waals surface area (Å²) in [6, 6.07) is 0. The van der Waals surface area contributed by atoms with Crippen molar-refractivity contribution in [1.82, 2.24) is 9.97 Å². The summed E-state index contributed by atoms with van der Waals surface area (Å²) in [5.74, 6) is 1.76. The lowest BCUT2D eigenvalue weighted by Gasteiger charge is -2.22. The number of ether oxygens (including phenoxy) is 1. The number of rotatable bonds is 4. The first-order valence-electron chi connectivity index (χ1n) is 6.71. The highest BCUT2D eigenvalue weighted by molar-refractivity contribution is 5.49. The summed E-state index contributed by atoms with van der Waals surface area (Å²) in [5, 5.41) is 3.24. The zero-order valence-corrected chi connectivity index (χ0v) is 11.3. The van der Waals surface area contributed by atoms with Crippen molar-refractivity contribution in [2.75, 3.05) is 43.1 Å². The third-order valence-corrected chi connectivity index (χ3v) is 3.00. The van der Waals surface area contributed by atoms with Crippen molar-refractivity contribution in [2.45, 2.75) is 26.7 Å². The van der Waals surface area contributed by atoms with Crippen LogP contribution in [0.25, 0.3) is 0 Å². The van der Waals surface area contributed by atoms with E-state index in [0.717, 1.165) is 63.0 Å². The molecule has 0 atom stereocenters. The number of aryl methyl sites for hydroxylation is 1. The molecule has 1 aromatic heterocycles. The molecule has 5 nitrogen and oxygen atoms in total. The maximum atomic E-state index is 5.48. The fourth-order valence-electron chi connectivity index (χ4n) is 2.03. The van der Waals surface area contributed by atoms with Gasteiger partial charge in [-0.3, -0.25) is 0 Å². The summed E-state index contributed by atoms with van der Waals surface area (Å²) >= 11 is 0. The molecule has 2 heterocycles.